The first-order valence-electron chi connectivity index (χ1n) is 13.9. The van der Waals surface area contributed by atoms with Gasteiger partial charge in [-0.25, -0.2) is 0 Å². The fourth-order valence-corrected chi connectivity index (χ4v) is 5.46. The van der Waals surface area contributed by atoms with Gasteiger partial charge in [-0.2, -0.15) is 0 Å². The summed E-state index contributed by atoms with van der Waals surface area (Å²) in [6.07, 6.45) is -18.0. The molecular formula is C25H43N3O16. The maximum Gasteiger partial charge on any atom is 0.217 e. The molecular weight excluding hydrogens is 598 g/mol. The average Bonchev–Trinajstić information content (AvgIpc) is 2.97. The van der Waals surface area contributed by atoms with Crippen molar-refractivity contribution in [2.24, 2.45) is 0 Å². The molecule has 254 valence electrons. The summed E-state index contributed by atoms with van der Waals surface area (Å²) >= 11 is 0. The van der Waals surface area contributed by atoms with Crippen LogP contribution in [0.5, 0.6) is 0 Å². The molecule has 3 aliphatic rings. The monoisotopic (exact) mass is 641 g/mol. The zero-order valence-electron chi connectivity index (χ0n) is 24.6. The molecule has 44 heavy (non-hydrogen) atoms. The number of carbonyl (C=O) groups excluding carboxylic acids is 3. The Morgan fingerprint density at radius 3 is 1.27 bits per heavy atom. The van der Waals surface area contributed by atoms with Gasteiger partial charge in [0.1, 0.15) is 73.1 Å². The second kappa shape index (κ2) is 15.9. The summed E-state index contributed by atoms with van der Waals surface area (Å²) < 4.78 is 34.1. The Morgan fingerprint density at radius 2 is 0.909 bits per heavy atom. The number of aliphatic hydroxyl groups is 7. The van der Waals surface area contributed by atoms with Gasteiger partial charge in [-0.15, -0.1) is 0 Å². The summed E-state index contributed by atoms with van der Waals surface area (Å²) in [6.45, 7) is 1.21. The van der Waals surface area contributed by atoms with Crippen LogP contribution < -0.4 is 16.0 Å². The molecule has 3 saturated heterocycles. The van der Waals surface area contributed by atoms with Crippen molar-refractivity contribution in [3.05, 3.63) is 0 Å². The number of carbonyl (C=O) groups is 3. The van der Waals surface area contributed by atoms with Crippen molar-refractivity contribution in [1.29, 1.82) is 0 Å². The van der Waals surface area contributed by atoms with Gasteiger partial charge >= 0.3 is 0 Å². The minimum absolute atomic E-state index is 0.537. The van der Waals surface area contributed by atoms with Crippen molar-refractivity contribution in [3.8, 4) is 0 Å². The largest absolute Gasteiger partial charge is 0.394 e. The lowest BCUT2D eigenvalue weighted by Gasteiger charge is -2.50. The molecule has 15 unspecified atom stereocenters. The Hall–Kier alpha value is -2.11. The minimum Gasteiger partial charge on any atom is -0.394 e. The zero-order chi connectivity index (χ0) is 32.9. The van der Waals surface area contributed by atoms with Crippen LogP contribution in [0.25, 0.3) is 0 Å². The summed E-state index contributed by atoms with van der Waals surface area (Å²) in [7, 11) is 1.26. The molecule has 19 nitrogen and oxygen atoms in total. The maximum atomic E-state index is 12.2. The van der Waals surface area contributed by atoms with Gasteiger partial charge in [0.05, 0.1) is 19.8 Å². The van der Waals surface area contributed by atoms with E-state index in [1.807, 2.05) is 0 Å². The fourth-order valence-electron chi connectivity index (χ4n) is 5.46. The van der Waals surface area contributed by atoms with E-state index in [0.29, 0.717) is 0 Å². The lowest BCUT2D eigenvalue weighted by atomic mass is 9.93. The van der Waals surface area contributed by atoms with Crippen LogP contribution in [-0.2, 0) is 42.8 Å². The normalized spacial score (nSPS) is 42.8. The Morgan fingerprint density at radius 1 is 0.568 bits per heavy atom. The van der Waals surface area contributed by atoms with Gasteiger partial charge in [0.2, 0.25) is 17.7 Å². The highest BCUT2D eigenvalue weighted by Gasteiger charge is 2.54. The van der Waals surface area contributed by atoms with Crippen LogP contribution in [-0.4, -0.2) is 172 Å². The van der Waals surface area contributed by atoms with Gasteiger partial charge in [0, 0.05) is 27.9 Å². The molecule has 0 aromatic rings. The first-order valence-corrected chi connectivity index (χ1v) is 13.9. The molecule has 0 aromatic carbocycles. The second-order valence-electron chi connectivity index (χ2n) is 10.8. The summed E-state index contributed by atoms with van der Waals surface area (Å²) in [5.41, 5.74) is 0. The SMILES string of the molecule is COC1OC(CO)C(OC2OC(CO)C(OC3OC(CO)C(O)C(O)C3NC(C)=O)C(O)C2NC(C)=O)C(O)C1NC(C)=O. The Labute approximate surface area is 252 Å². The molecule has 3 heterocycles. The summed E-state index contributed by atoms with van der Waals surface area (Å²) in [6, 6.07) is -4.03. The van der Waals surface area contributed by atoms with Crippen molar-refractivity contribution in [2.45, 2.75) is 113 Å². The molecule has 0 spiro atoms. The van der Waals surface area contributed by atoms with Crippen LogP contribution in [0.4, 0.5) is 0 Å². The zero-order valence-corrected chi connectivity index (χ0v) is 24.6. The third-order valence-electron chi connectivity index (χ3n) is 7.51. The van der Waals surface area contributed by atoms with E-state index in [1.54, 1.807) is 0 Å². The van der Waals surface area contributed by atoms with Gasteiger partial charge < -0.3 is 80.1 Å². The summed E-state index contributed by atoms with van der Waals surface area (Å²) in [5.74, 6) is -1.83. The number of nitrogens with one attached hydrogen (secondary N) is 3. The van der Waals surface area contributed by atoms with Gasteiger partial charge in [0.15, 0.2) is 18.9 Å². The van der Waals surface area contributed by atoms with E-state index in [-0.39, 0.29) is 0 Å². The van der Waals surface area contributed by atoms with Gasteiger partial charge in [0.25, 0.3) is 0 Å². The van der Waals surface area contributed by atoms with Crippen LogP contribution in [0, 0.1) is 0 Å². The highest BCUT2D eigenvalue weighted by atomic mass is 16.7. The first-order chi connectivity index (χ1) is 20.8. The number of rotatable bonds is 11. The van der Waals surface area contributed by atoms with Gasteiger partial charge in [-0.3, -0.25) is 14.4 Å². The number of methoxy groups -OCH3 is 1. The highest BCUT2D eigenvalue weighted by molar-refractivity contribution is 5.74. The topological polar surface area (TPSA) is 284 Å². The fraction of sp³-hybridized carbons (Fsp3) is 0.880. The molecule has 3 aliphatic heterocycles. The smallest absolute Gasteiger partial charge is 0.217 e. The average molecular weight is 642 g/mol. The molecule has 0 aliphatic carbocycles. The molecule has 15 atom stereocenters. The molecule has 3 amide bonds. The maximum absolute atomic E-state index is 12.2. The predicted molar refractivity (Wildman–Crippen MR) is 141 cm³/mol. The van der Waals surface area contributed by atoms with Crippen molar-refractivity contribution >= 4 is 17.7 Å². The lowest BCUT2D eigenvalue weighted by molar-refractivity contribution is -0.352. The summed E-state index contributed by atoms with van der Waals surface area (Å²) in [4.78, 5) is 35.8. The molecule has 3 rings (SSSR count). The number of aliphatic hydroxyl groups excluding tert-OH is 7. The van der Waals surface area contributed by atoms with E-state index < -0.39 is 129 Å². The van der Waals surface area contributed by atoms with Crippen LogP contribution >= 0.6 is 0 Å². The second-order valence-corrected chi connectivity index (χ2v) is 10.8. The van der Waals surface area contributed by atoms with Crippen LogP contribution in [0.3, 0.4) is 0 Å². The van der Waals surface area contributed by atoms with Crippen molar-refractivity contribution in [1.82, 2.24) is 16.0 Å². The van der Waals surface area contributed by atoms with Crippen LogP contribution in [0.2, 0.25) is 0 Å². The highest BCUT2D eigenvalue weighted by Crippen LogP contribution is 2.32. The van der Waals surface area contributed by atoms with Crippen molar-refractivity contribution in [3.63, 3.8) is 0 Å². The van der Waals surface area contributed by atoms with E-state index in [0.717, 1.165) is 13.8 Å². The molecule has 0 bridgehead atoms. The van der Waals surface area contributed by atoms with E-state index in [1.165, 1.54) is 14.0 Å². The predicted octanol–water partition coefficient (Wildman–Crippen LogP) is -6.49. The van der Waals surface area contributed by atoms with E-state index >= 15 is 0 Å². The number of hydrogen-bond acceptors (Lipinski definition) is 16. The number of amides is 3. The molecule has 0 aromatic heterocycles. The standard InChI is InChI=1S/C25H43N3O16/c1-8(32)26-14-18(36)17(35)11(5-29)40-24(14)43-22-13(7-31)42-25(16(20(22)38)28-10(3)34)44-21-12(6-30)41-23(39-4)15(19(21)37)27-9(2)33/h11-25,29-31,35-38H,5-7H2,1-4H3,(H,26,32)(H,27,33)(H,28,34). The Kier molecular flexibility index (Phi) is 13.2. The molecule has 3 fully saturated rings. The van der Waals surface area contributed by atoms with Crippen molar-refractivity contribution in [2.75, 3.05) is 26.9 Å². The van der Waals surface area contributed by atoms with E-state index in [2.05, 4.69) is 16.0 Å². The number of ether oxygens (including phenoxy) is 6. The molecule has 10 N–H and O–H groups in total. The van der Waals surface area contributed by atoms with E-state index in [4.69, 9.17) is 28.4 Å². The molecule has 19 heteroatoms. The third-order valence-corrected chi connectivity index (χ3v) is 7.51. The number of hydrogen-bond donors (Lipinski definition) is 10. The van der Waals surface area contributed by atoms with Gasteiger partial charge in [-0.1, -0.05) is 0 Å². The molecule has 0 radical (unpaired) electrons. The van der Waals surface area contributed by atoms with Crippen molar-refractivity contribution < 1.29 is 78.6 Å². The minimum atomic E-state index is -1.75. The van der Waals surface area contributed by atoms with Gasteiger partial charge in [-0.05, 0) is 0 Å². The van der Waals surface area contributed by atoms with Crippen LogP contribution in [0.15, 0.2) is 0 Å². The lowest BCUT2D eigenvalue weighted by Crippen LogP contribution is -2.71. The first kappa shape index (κ1) is 36.4. The molecule has 0 saturated carbocycles. The van der Waals surface area contributed by atoms with E-state index in [9.17, 15) is 50.1 Å². The summed E-state index contributed by atoms with van der Waals surface area (Å²) in [5, 5.41) is 80.5. The third kappa shape index (κ3) is 8.18. The Bertz CT molecular complexity index is 978. The quantitative estimate of drug-likeness (QED) is 0.100. The van der Waals surface area contributed by atoms with Crippen LogP contribution in [0.1, 0.15) is 20.8 Å². The Balaban J connectivity index is 1.90.